The molecule has 1 aliphatic heterocycles. The van der Waals surface area contributed by atoms with Crippen LogP contribution in [0.5, 0.6) is 0 Å². The Morgan fingerprint density at radius 1 is 1.32 bits per heavy atom. The van der Waals surface area contributed by atoms with Crippen LogP contribution in [0.4, 0.5) is 9.18 Å². The summed E-state index contributed by atoms with van der Waals surface area (Å²) in [7, 11) is 0. The lowest BCUT2D eigenvalue weighted by atomic mass is 10.0. The highest BCUT2D eigenvalue weighted by Gasteiger charge is 2.34. The summed E-state index contributed by atoms with van der Waals surface area (Å²) in [6, 6.07) is 6.79. The average Bonchev–Trinajstić information content (AvgIpc) is 3.45. The van der Waals surface area contributed by atoms with Gasteiger partial charge in [0.25, 0.3) is 0 Å². The lowest BCUT2D eigenvalue weighted by molar-refractivity contribution is -0.00909. The van der Waals surface area contributed by atoms with E-state index in [2.05, 4.69) is 24.1 Å². The number of nitrogens with one attached hydrogen (secondary N) is 1. The van der Waals surface area contributed by atoms with Crippen LogP contribution in [0.1, 0.15) is 32.3 Å². The van der Waals surface area contributed by atoms with E-state index in [1.807, 2.05) is 6.07 Å². The van der Waals surface area contributed by atoms with E-state index in [0.717, 1.165) is 39.1 Å². The summed E-state index contributed by atoms with van der Waals surface area (Å²) in [4.78, 5) is 16.8. The Hall–Kier alpha value is -1.66. The lowest BCUT2D eigenvalue weighted by Gasteiger charge is -2.41. The summed E-state index contributed by atoms with van der Waals surface area (Å²) < 4.78 is 19.3. The molecule has 1 aromatic carbocycles. The molecule has 138 valence electrons. The Bertz CT molecular complexity index is 598. The van der Waals surface area contributed by atoms with Gasteiger partial charge in [-0.25, -0.2) is 9.18 Å². The van der Waals surface area contributed by atoms with E-state index in [1.165, 1.54) is 6.07 Å². The average molecular weight is 349 g/mol. The first kappa shape index (κ1) is 18.1. The highest BCUT2D eigenvalue weighted by Crippen LogP contribution is 2.29. The highest BCUT2D eigenvalue weighted by molar-refractivity contribution is 5.75. The van der Waals surface area contributed by atoms with Gasteiger partial charge < -0.3 is 15.0 Å². The van der Waals surface area contributed by atoms with Crippen molar-refractivity contribution in [1.29, 1.82) is 0 Å². The van der Waals surface area contributed by atoms with Crippen LogP contribution in [0.2, 0.25) is 0 Å². The Morgan fingerprint density at radius 3 is 2.64 bits per heavy atom. The molecule has 0 radical (unpaired) electrons. The number of halogens is 1. The number of amides is 2. The summed E-state index contributed by atoms with van der Waals surface area (Å²) >= 11 is 0. The van der Waals surface area contributed by atoms with E-state index >= 15 is 0 Å². The van der Waals surface area contributed by atoms with E-state index in [0.29, 0.717) is 18.7 Å². The van der Waals surface area contributed by atoms with E-state index in [4.69, 9.17) is 4.74 Å². The van der Waals surface area contributed by atoms with Crippen molar-refractivity contribution >= 4 is 6.03 Å². The van der Waals surface area contributed by atoms with Gasteiger partial charge in [-0.3, -0.25) is 4.90 Å². The van der Waals surface area contributed by atoms with Gasteiger partial charge in [-0.05, 0) is 32.8 Å². The van der Waals surface area contributed by atoms with Gasteiger partial charge in [-0.1, -0.05) is 18.2 Å². The minimum Gasteiger partial charge on any atom is -0.379 e. The Labute approximate surface area is 149 Å². The van der Waals surface area contributed by atoms with Gasteiger partial charge in [0.05, 0.1) is 19.8 Å². The molecular weight excluding hydrogens is 321 g/mol. The molecule has 1 N–H and O–H groups in total. The molecule has 0 spiro atoms. The number of hydrogen-bond donors (Lipinski definition) is 1. The maximum atomic E-state index is 13.9. The molecular formula is C19H28FN3O2. The third-order valence-corrected chi connectivity index (χ3v) is 5.09. The molecule has 5 nitrogen and oxygen atoms in total. The number of morpholine rings is 1. The Kier molecular flexibility index (Phi) is 5.59. The number of rotatable bonds is 6. The molecule has 25 heavy (non-hydrogen) atoms. The fourth-order valence-corrected chi connectivity index (χ4v) is 3.24. The summed E-state index contributed by atoms with van der Waals surface area (Å²) in [6.07, 6.45) is 1.99. The van der Waals surface area contributed by atoms with Crippen LogP contribution in [0.25, 0.3) is 0 Å². The zero-order valence-corrected chi connectivity index (χ0v) is 15.1. The van der Waals surface area contributed by atoms with Gasteiger partial charge in [0.2, 0.25) is 0 Å². The van der Waals surface area contributed by atoms with Crippen LogP contribution in [0, 0.1) is 5.82 Å². The molecule has 0 atom stereocenters. The van der Waals surface area contributed by atoms with Crippen LogP contribution >= 0.6 is 0 Å². The minimum absolute atomic E-state index is 0.105. The molecule has 2 fully saturated rings. The molecule has 0 bridgehead atoms. The summed E-state index contributed by atoms with van der Waals surface area (Å²) in [6.45, 7) is 8.38. The SMILES string of the molecule is CC(C)(CNC(=O)N(Cc1ccccc1F)C1CC1)N1CCOCC1. The molecule has 1 heterocycles. The van der Waals surface area contributed by atoms with Gasteiger partial charge in [0, 0.05) is 36.8 Å². The second kappa shape index (κ2) is 7.70. The molecule has 2 aliphatic rings. The standard InChI is InChI=1S/C19H28FN3O2/c1-19(2,22-9-11-25-12-10-22)14-21-18(24)23(16-7-8-16)13-15-5-3-4-6-17(15)20/h3-6,16H,7-14H2,1-2H3,(H,21,24). The van der Waals surface area contributed by atoms with Gasteiger partial charge in [0.15, 0.2) is 0 Å². The number of hydrogen-bond acceptors (Lipinski definition) is 3. The summed E-state index contributed by atoms with van der Waals surface area (Å²) in [5.41, 5.74) is 0.434. The fourth-order valence-electron chi connectivity index (χ4n) is 3.24. The number of ether oxygens (including phenoxy) is 1. The van der Waals surface area contributed by atoms with Crippen LogP contribution in [-0.2, 0) is 11.3 Å². The van der Waals surface area contributed by atoms with Gasteiger partial charge in [-0.2, -0.15) is 0 Å². The van der Waals surface area contributed by atoms with E-state index in [-0.39, 0.29) is 23.4 Å². The zero-order chi connectivity index (χ0) is 17.9. The largest absolute Gasteiger partial charge is 0.379 e. The normalized spacial score (nSPS) is 18.8. The van der Waals surface area contributed by atoms with Crippen LogP contribution in [0.15, 0.2) is 24.3 Å². The van der Waals surface area contributed by atoms with Crippen LogP contribution < -0.4 is 5.32 Å². The molecule has 0 unspecified atom stereocenters. The molecule has 3 rings (SSSR count). The predicted molar refractivity (Wildman–Crippen MR) is 94.8 cm³/mol. The van der Waals surface area contributed by atoms with E-state index in [9.17, 15) is 9.18 Å². The first-order chi connectivity index (χ1) is 12.0. The van der Waals surface area contributed by atoms with Gasteiger partial charge >= 0.3 is 6.03 Å². The lowest BCUT2D eigenvalue weighted by Crippen LogP contribution is -2.56. The highest BCUT2D eigenvalue weighted by atomic mass is 19.1. The second-order valence-electron chi connectivity index (χ2n) is 7.52. The van der Waals surface area contributed by atoms with Crippen LogP contribution in [0.3, 0.4) is 0 Å². The molecule has 6 heteroatoms. The zero-order valence-electron chi connectivity index (χ0n) is 15.1. The quantitative estimate of drug-likeness (QED) is 0.859. The van der Waals surface area contributed by atoms with Crippen molar-refractivity contribution in [2.24, 2.45) is 0 Å². The predicted octanol–water partition coefficient (Wildman–Crippen LogP) is 2.61. The number of benzene rings is 1. The maximum absolute atomic E-state index is 13.9. The molecule has 1 saturated carbocycles. The molecule has 1 aliphatic carbocycles. The number of urea groups is 1. The van der Waals surface area contributed by atoms with Crippen molar-refractivity contribution < 1.29 is 13.9 Å². The van der Waals surface area contributed by atoms with Gasteiger partial charge in [-0.15, -0.1) is 0 Å². The second-order valence-corrected chi connectivity index (χ2v) is 7.52. The van der Waals surface area contributed by atoms with Crippen molar-refractivity contribution in [2.45, 2.75) is 44.8 Å². The summed E-state index contributed by atoms with van der Waals surface area (Å²) in [5.74, 6) is -0.255. The van der Waals surface area contributed by atoms with Gasteiger partial charge in [0.1, 0.15) is 5.82 Å². The third kappa shape index (κ3) is 4.70. The topological polar surface area (TPSA) is 44.8 Å². The first-order valence-electron chi connectivity index (χ1n) is 9.08. The number of nitrogens with zero attached hydrogens (tertiary/aromatic N) is 2. The molecule has 1 aromatic rings. The minimum atomic E-state index is -0.255. The third-order valence-electron chi connectivity index (χ3n) is 5.09. The molecule has 2 amide bonds. The van der Waals surface area contributed by atoms with Crippen molar-refractivity contribution in [3.8, 4) is 0 Å². The Morgan fingerprint density at radius 2 is 2.00 bits per heavy atom. The number of carbonyl (C=O) groups is 1. The number of carbonyl (C=O) groups excluding carboxylic acids is 1. The summed E-state index contributed by atoms with van der Waals surface area (Å²) in [5, 5.41) is 3.06. The van der Waals surface area contributed by atoms with Crippen molar-refractivity contribution in [3.63, 3.8) is 0 Å². The maximum Gasteiger partial charge on any atom is 0.318 e. The monoisotopic (exact) mass is 349 g/mol. The van der Waals surface area contributed by atoms with Crippen molar-refractivity contribution in [1.82, 2.24) is 15.1 Å². The molecule has 1 saturated heterocycles. The van der Waals surface area contributed by atoms with E-state index in [1.54, 1.807) is 17.0 Å². The smallest absolute Gasteiger partial charge is 0.318 e. The Balaban J connectivity index is 1.58. The fraction of sp³-hybridized carbons (Fsp3) is 0.632. The molecule has 0 aromatic heterocycles. The van der Waals surface area contributed by atoms with Crippen LogP contribution in [-0.4, -0.2) is 60.3 Å². The van der Waals surface area contributed by atoms with E-state index < -0.39 is 0 Å². The van der Waals surface area contributed by atoms with Crippen molar-refractivity contribution in [3.05, 3.63) is 35.6 Å². The van der Waals surface area contributed by atoms with Crippen molar-refractivity contribution in [2.75, 3.05) is 32.8 Å². The first-order valence-corrected chi connectivity index (χ1v) is 9.08.